The molecule has 0 heterocycles. The Morgan fingerprint density at radius 2 is 1.62 bits per heavy atom. The molecule has 1 atom stereocenters. The quantitative estimate of drug-likeness (QED) is 0.628. The lowest BCUT2D eigenvalue weighted by atomic mass is 10.1. The first kappa shape index (κ1) is 19.3. The number of hydrogen-bond donors (Lipinski definition) is 2. The third-order valence-corrected chi connectivity index (χ3v) is 3.61. The summed E-state index contributed by atoms with van der Waals surface area (Å²) in [6.45, 7) is 0.544. The number of carboxylic acid groups (broad SMARTS) is 2. The van der Waals surface area contributed by atoms with Crippen molar-refractivity contribution in [1.29, 1.82) is 0 Å². The van der Waals surface area contributed by atoms with Crippen LogP contribution in [0, 0.1) is 0 Å². The molecule has 26 heavy (non-hydrogen) atoms. The van der Waals surface area contributed by atoms with Crippen LogP contribution in [-0.2, 0) is 16.0 Å². The molecule has 0 aliphatic carbocycles. The molecule has 0 fully saturated rings. The van der Waals surface area contributed by atoms with Crippen molar-refractivity contribution < 1.29 is 34.0 Å². The molecule has 0 saturated heterocycles. The molecule has 0 unspecified atom stereocenters. The number of carbonyl (C=O) groups is 2. The second-order valence-electron chi connectivity index (χ2n) is 5.44. The van der Waals surface area contributed by atoms with E-state index in [9.17, 15) is 9.59 Å². The molecule has 0 radical (unpaired) electrons. The van der Waals surface area contributed by atoms with E-state index in [2.05, 4.69) is 0 Å². The Labute approximate surface area is 150 Å². The largest absolute Gasteiger partial charge is 0.490 e. The fourth-order valence-electron chi connectivity index (χ4n) is 2.25. The maximum Gasteiger partial charge on any atom is 0.335 e. The molecular formula is C19H20O7. The number of benzene rings is 2. The second-order valence-corrected chi connectivity index (χ2v) is 5.44. The molecule has 138 valence electrons. The van der Waals surface area contributed by atoms with Gasteiger partial charge in [0.25, 0.3) is 0 Å². The summed E-state index contributed by atoms with van der Waals surface area (Å²) in [5.74, 6) is -0.925. The number of aliphatic carboxylic acids is 1. The van der Waals surface area contributed by atoms with Crippen LogP contribution in [0.5, 0.6) is 11.5 Å². The first-order valence-electron chi connectivity index (χ1n) is 7.93. The highest BCUT2D eigenvalue weighted by Gasteiger charge is 2.16. The van der Waals surface area contributed by atoms with Crippen molar-refractivity contribution in [3.05, 3.63) is 59.7 Å². The third-order valence-electron chi connectivity index (χ3n) is 3.61. The topological polar surface area (TPSA) is 102 Å². The van der Waals surface area contributed by atoms with Gasteiger partial charge in [-0.25, -0.2) is 9.59 Å². The zero-order chi connectivity index (χ0) is 18.9. The lowest BCUT2D eigenvalue weighted by molar-refractivity contribution is -0.148. The maximum absolute atomic E-state index is 11.0. The molecule has 0 spiro atoms. The zero-order valence-electron chi connectivity index (χ0n) is 14.3. The molecular weight excluding hydrogens is 340 g/mol. The van der Waals surface area contributed by atoms with Crippen LogP contribution in [-0.4, -0.2) is 48.6 Å². The number of methoxy groups -OCH3 is 1. The normalized spacial score (nSPS) is 11.6. The summed E-state index contributed by atoms with van der Waals surface area (Å²) >= 11 is 0. The van der Waals surface area contributed by atoms with E-state index in [-0.39, 0.29) is 25.2 Å². The van der Waals surface area contributed by atoms with E-state index < -0.39 is 18.0 Å². The van der Waals surface area contributed by atoms with Gasteiger partial charge in [-0.1, -0.05) is 18.2 Å². The monoisotopic (exact) mass is 360 g/mol. The van der Waals surface area contributed by atoms with E-state index in [1.165, 1.54) is 19.2 Å². The van der Waals surface area contributed by atoms with Gasteiger partial charge in [0.15, 0.2) is 6.10 Å². The minimum absolute atomic E-state index is 0.162. The number of carboxylic acids is 2. The van der Waals surface area contributed by atoms with Gasteiger partial charge in [0.2, 0.25) is 0 Å². The average Bonchev–Trinajstić information content (AvgIpc) is 2.64. The summed E-state index contributed by atoms with van der Waals surface area (Å²) in [6, 6.07) is 13.3. The van der Waals surface area contributed by atoms with Crippen molar-refractivity contribution in [2.24, 2.45) is 0 Å². The van der Waals surface area contributed by atoms with Crippen molar-refractivity contribution in [1.82, 2.24) is 0 Å². The highest BCUT2D eigenvalue weighted by molar-refractivity contribution is 5.88. The molecule has 7 heteroatoms. The van der Waals surface area contributed by atoms with Gasteiger partial charge in [0, 0.05) is 13.5 Å². The van der Waals surface area contributed by atoms with E-state index in [1.807, 2.05) is 0 Å². The zero-order valence-corrected chi connectivity index (χ0v) is 14.3. The Balaban J connectivity index is 1.78. The van der Waals surface area contributed by atoms with Gasteiger partial charge in [-0.15, -0.1) is 0 Å². The Bertz CT molecular complexity index is 740. The number of ether oxygens (including phenoxy) is 3. The predicted molar refractivity (Wildman–Crippen MR) is 93.0 cm³/mol. The van der Waals surface area contributed by atoms with Gasteiger partial charge in [0.05, 0.1) is 5.56 Å². The fraction of sp³-hybridized carbons (Fsp3) is 0.263. The smallest absolute Gasteiger partial charge is 0.335 e. The van der Waals surface area contributed by atoms with E-state index >= 15 is 0 Å². The molecule has 0 aromatic heterocycles. The van der Waals surface area contributed by atoms with Crippen LogP contribution in [0.4, 0.5) is 0 Å². The molecule has 2 rings (SSSR count). The van der Waals surface area contributed by atoms with Crippen LogP contribution in [0.15, 0.2) is 48.5 Å². The summed E-state index contributed by atoms with van der Waals surface area (Å²) < 4.78 is 15.9. The maximum atomic E-state index is 11.0. The van der Waals surface area contributed by atoms with E-state index in [0.29, 0.717) is 11.5 Å². The lowest BCUT2D eigenvalue weighted by Crippen LogP contribution is -2.24. The minimum Gasteiger partial charge on any atom is -0.490 e. The van der Waals surface area contributed by atoms with Crippen molar-refractivity contribution in [2.75, 3.05) is 20.3 Å². The van der Waals surface area contributed by atoms with Crippen LogP contribution < -0.4 is 9.47 Å². The van der Waals surface area contributed by atoms with Gasteiger partial charge >= 0.3 is 11.9 Å². The molecule has 2 aromatic carbocycles. The molecule has 0 aliphatic rings. The highest BCUT2D eigenvalue weighted by atomic mass is 16.5. The van der Waals surface area contributed by atoms with Gasteiger partial charge in [0.1, 0.15) is 24.7 Å². The third kappa shape index (κ3) is 5.78. The van der Waals surface area contributed by atoms with Gasteiger partial charge in [-0.3, -0.25) is 0 Å². The first-order chi connectivity index (χ1) is 12.5. The average molecular weight is 360 g/mol. The molecule has 0 amide bonds. The van der Waals surface area contributed by atoms with Crippen LogP contribution in [0.25, 0.3) is 0 Å². The van der Waals surface area contributed by atoms with Crippen molar-refractivity contribution >= 4 is 11.9 Å². The Kier molecular flexibility index (Phi) is 6.99. The Morgan fingerprint density at radius 3 is 2.19 bits per heavy atom. The lowest BCUT2D eigenvalue weighted by Gasteiger charge is -2.11. The summed E-state index contributed by atoms with van der Waals surface area (Å²) in [7, 11) is 1.36. The number of aromatic carboxylic acids is 1. The van der Waals surface area contributed by atoms with Crippen LogP contribution in [0.1, 0.15) is 15.9 Å². The van der Waals surface area contributed by atoms with Crippen LogP contribution in [0.2, 0.25) is 0 Å². The van der Waals surface area contributed by atoms with Crippen molar-refractivity contribution in [3.8, 4) is 11.5 Å². The molecule has 0 bridgehead atoms. The van der Waals surface area contributed by atoms with Gasteiger partial charge < -0.3 is 24.4 Å². The van der Waals surface area contributed by atoms with Crippen LogP contribution >= 0.6 is 0 Å². The fourth-order valence-corrected chi connectivity index (χ4v) is 2.25. The molecule has 0 saturated carbocycles. The van der Waals surface area contributed by atoms with E-state index in [4.69, 9.17) is 24.4 Å². The second kappa shape index (κ2) is 9.43. The molecule has 0 aliphatic heterocycles. The molecule has 7 nitrogen and oxygen atoms in total. The number of rotatable bonds is 10. The summed E-state index contributed by atoms with van der Waals surface area (Å²) in [5.41, 5.74) is 0.989. The van der Waals surface area contributed by atoms with E-state index in [0.717, 1.165) is 5.56 Å². The minimum atomic E-state index is -1.01. The predicted octanol–water partition coefficient (Wildman–Crippen LogP) is 2.48. The summed E-state index contributed by atoms with van der Waals surface area (Å²) in [4.78, 5) is 21.9. The highest BCUT2D eigenvalue weighted by Crippen LogP contribution is 2.16. The first-order valence-corrected chi connectivity index (χ1v) is 7.93. The van der Waals surface area contributed by atoms with Crippen molar-refractivity contribution in [3.63, 3.8) is 0 Å². The summed E-state index contributed by atoms with van der Waals surface area (Å²) in [6.07, 6.45) is -0.605. The van der Waals surface area contributed by atoms with Crippen molar-refractivity contribution in [2.45, 2.75) is 12.5 Å². The van der Waals surface area contributed by atoms with Crippen LogP contribution in [0.3, 0.4) is 0 Å². The SMILES string of the molecule is CO[C@@H](Cc1ccc(OCCOc2cccc(C(=O)O)c2)cc1)C(=O)O. The Morgan fingerprint density at radius 1 is 0.962 bits per heavy atom. The van der Waals surface area contributed by atoms with Gasteiger partial charge in [-0.2, -0.15) is 0 Å². The molecule has 2 N–H and O–H groups in total. The molecule has 2 aromatic rings. The summed E-state index contributed by atoms with van der Waals surface area (Å²) in [5, 5.41) is 17.9. The van der Waals surface area contributed by atoms with Gasteiger partial charge in [-0.05, 0) is 35.9 Å². The number of hydrogen-bond acceptors (Lipinski definition) is 5. The Hall–Kier alpha value is -3.06. The van der Waals surface area contributed by atoms with E-state index in [1.54, 1.807) is 36.4 Å². The standard InChI is InChI=1S/C19H20O7/c1-24-17(19(22)23)11-13-5-7-15(8-6-13)25-9-10-26-16-4-2-3-14(12-16)18(20)21/h2-8,12,17H,9-11H2,1H3,(H,20,21)(H,22,23)/t17-/m0/s1.